The number of benzene rings is 1. The van der Waals surface area contributed by atoms with Crippen molar-refractivity contribution in [1.29, 1.82) is 0 Å². The third kappa shape index (κ3) is 0.978. The van der Waals surface area contributed by atoms with Crippen LogP contribution in [-0.2, 0) is 0 Å². The molecule has 3 nitrogen and oxygen atoms in total. The van der Waals surface area contributed by atoms with E-state index in [0.29, 0.717) is 0 Å². The predicted molar refractivity (Wildman–Crippen MR) is 35.2 cm³/mol. The molecule has 0 saturated heterocycles. The van der Waals surface area contributed by atoms with Crippen molar-refractivity contribution in [1.82, 2.24) is 0 Å². The first-order valence-electron chi connectivity index (χ1n) is 2.72. The molecule has 0 fully saturated rings. The van der Waals surface area contributed by atoms with Crippen molar-refractivity contribution in [3.8, 4) is 17.2 Å². The van der Waals surface area contributed by atoms with Gasteiger partial charge in [0.25, 0.3) is 0 Å². The van der Waals surface area contributed by atoms with E-state index in [-0.39, 0.29) is 17.2 Å². The Morgan fingerprint density at radius 3 is 2.60 bits per heavy atom. The summed E-state index contributed by atoms with van der Waals surface area (Å²) in [6.45, 7) is 0. The van der Waals surface area contributed by atoms with Gasteiger partial charge in [-0.1, -0.05) is 0 Å². The molecule has 3 heteroatoms. The van der Waals surface area contributed by atoms with Gasteiger partial charge in [-0.3, -0.25) is 0 Å². The van der Waals surface area contributed by atoms with E-state index >= 15 is 0 Å². The Kier molecular flexibility index (Phi) is 1.67. The molecule has 1 aromatic rings. The predicted octanol–water partition coefficient (Wildman–Crippen LogP) is 0.907. The summed E-state index contributed by atoms with van der Waals surface area (Å²) >= 11 is 0. The summed E-state index contributed by atoms with van der Waals surface area (Å²) in [4.78, 5) is 0. The lowest BCUT2D eigenvalue weighted by Crippen LogP contribution is -1.83. The molecule has 10 heavy (non-hydrogen) atoms. The first-order valence-corrected chi connectivity index (χ1v) is 2.72. The van der Waals surface area contributed by atoms with Crippen LogP contribution in [-0.4, -0.2) is 17.3 Å². The lowest BCUT2D eigenvalue weighted by molar-refractivity contribution is 0.344. The maximum atomic E-state index is 8.99. The molecule has 0 spiro atoms. The summed E-state index contributed by atoms with van der Waals surface area (Å²) in [7, 11) is 1.36. The maximum absolute atomic E-state index is 8.99. The Hall–Kier alpha value is -1.38. The zero-order chi connectivity index (χ0) is 7.56. The largest absolute Gasteiger partial charge is 0.504 e. The standard InChI is InChI=1S/C7H7O3/c1-10-7-5(8)3-2-4-6(7)9/h2-3,8-9H,1H3. The van der Waals surface area contributed by atoms with Crippen LogP contribution in [0.2, 0.25) is 0 Å². The summed E-state index contributed by atoms with van der Waals surface area (Å²) < 4.78 is 4.64. The first-order chi connectivity index (χ1) is 4.75. The number of phenolic OH excluding ortho intramolecular Hbond substituents is 2. The number of phenols is 2. The monoisotopic (exact) mass is 139 g/mol. The molecule has 53 valence electrons. The second kappa shape index (κ2) is 2.47. The number of aromatic hydroxyl groups is 2. The van der Waals surface area contributed by atoms with Gasteiger partial charge in [0, 0.05) is 6.07 Å². The minimum Gasteiger partial charge on any atom is -0.504 e. The summed E-state index contributed by atoms with van der Waals surface area (Å²) in [6, 6.07) is 5.26. The van der Waals surface area contributed by atoms with Crippen molar-refractivity contribution in [2.75, 3.05) is 7.11 Å². The average molecular weight is 139 g/mol. The number of methoxy groups -OCH3 is 1. The minimum atomic E-state index is -0.178. The molecule has 0 bridgehead atoms. The van der Waals surface area contributed by atoms with Crippen LogP contribution >= 0.6 is 0 Å². The molecule has 1 rings (SSSR count). The smallest absolute Gasteiger partial charge is 0.203 e. The van der Waals surface area contributed by atoms with Gasteiger partial charge in [0.05, 0.1) is 7.11 Å². The zero-order valence-corrected chi connectivity index (χ0v) is 5.46. The average Bonchev–Trinajstić information content (AvgIpc) is 1.88. The summed E-state index contributed by atoms with van der Waals surface area (Å²) in [5.41, 5.74) is 0. The van der Waals surface area contributed by atoms with E-state index in [0.717, 1.165) is 0 Å². The van der Waals surface area contributed by atoms with E-state index in [1.54, 1.807) is 0 Å². The van der Waals surface area contributed by atoms with Crippen molar-refractivity contribution >= 4 is 0 Å². The maximum Gasteiger partial charge on any atom is 0.203 e. The van der Waals surface area contributed by atoms with Gasteiger partial charge in [0.15, 0.2) is 11.5 Å². The molecule has 1 radical (unpaired) electrons. The van der Waals surface area contributed by atoms with Gasteiger partial charge in [0.1, 0.15) is 0 Å². The second-order valence-electron chi connectivity index (χ2n) is 1.74. The summed E-state index contributed by atoms with van der Waals surface area (Å²) in [6.07, 6.45) is 0. The van der Waals surface area contributed by atoms with Crippen molar-refractivity contribution in [2.45, 2.75) is 0 Å². The second-order valence-corrected chi connectivity index (χ2v) is 1.74. The highest BCUT2D eigenvalue weighted by molar-refractivity contribution is 5.48. The van der Waals surface area contributed by atoms with Crippen LogP contribution in [0.15, 0.2) is 12.1 Å². The van der Waals surface area contributed by atoms with Gasteiger partial charge >= 0.3 is 0 Å². The van der Waals surface area contributed by atoms with Gasteiger partial charge in [-0.2, -0.15) is 0 Å². The summed E-state index contributed by atoms with van der Waals surface area (Å²) in [5, 5.41) is 17.9. The van der Waals surface area contributed by atoms with Crippen molar-refractivity contribution < 1.29 is 14.9 Å². The molecule has 1 aromatic carbocycles. The molecule has 0 aliphatic carbocycles. The number of rotatable bonds is 1. The van der Waals surface area contributed by atoms with E-state index in [1.807, 2.05) is 0 Å². The lowest BCUT2D eigenvalue weighted by Gasteiger charge is -2.02. The Morgan fingerprint density at radius 1 is 1.50 bits per heavy atom. The molecule has 0 aliphatic heterocycles. The van der Waals surface area contributed by atoms with Crippen LogP contribution in [0.5, 0.6) is 17.2 Å². The molecule has 0 atom stereocenters. The van der Waals surface area contributed by atoms with Crippen LogP contribution in [0.4, 0.5) is 0 Å². The third-order valence-electron chi connectivity index (χ3n) is 1.11. The van der Waals surface area contributed by atoms with Crippen LogP contribution < -0.4 is 4.74 Å². The Morgan fingerprint density at radius 2 is 2.20 bits per heavy atom. The van der Waals surface area contributed by atoms with Gasteiger partial charge in [-0.15, -0.1) is 0 Å². The van der Waals surface area contributed by atoms with Gasteiger partial charge < -0.3 is 14.9 Å². The third-order valence-corrected chi connectivity index (χ3v) is 1.11. The fraction of sp³-hybridized carbons (Fsp3) is 0.143. The molecular formula is C7H7O3. The highest BCUT2D eigenvalue weighted by Gasteiger charge is 2.04. The van der Waals surface area contributed by atoms with E-state index in [4.69, 9.17) is 10.2 Å². The SMILES string of the molecule is COc1c(O)[c]ccc1O. The lowest BCUT2D eigenvalue weighted by atomic mass is 10.3. The van der Waals surface area contributed by atoms with Crippen LogP contribution in [0.25, 0.3) is 0 Å². The fourth-order valence-corrected chi connectivity index (χ4v) is 0.663. The molecule has 0 heterocycles. The van der Waals surface area contributed by atoms with E-state index in [2.05, 4.69) is 10.8 Å². The topological polar surface area (TPSA) is 49.7 Å². The zero-order valence-electron chi connectivity index (χ0n) is 5.46. The van der Waals surface area contributed by atoms with Crippen LogP contribution in [0, 0.1) is 6.07 Å². The molecule has 0 unspecified atom stereocenters. The highest BCUT2D eigenvalue weighted by atomic mass is 16.5. The van der Waals surface area contributed by atoms with Gasteiger partial charge in [-0.25, -0.2) is 0 Å². The first kappa shape index (κ1) is 6.74. The van der Waals surface area contributed by atoms with E-state index < -0.39 is 0 Å². The molecule has 0 amide bonds. The molecule has 0 saturated carbocycles. The van der Waals surface area contributed by atoms with Crippen LogP contribution in [0.3, 0.4) is 0 Å². The molecule has 0 aliphatic rings. The van der Waals surface area contributed by atoms with Gasteiger partial charge in [0.2, 0.25) is 5.75 Å². The fourth-order valence-electron chi connectivity index (χ4n) is 0.663. The Bertz CT molecular complexity index is 212. The highest BCUT2D eigenvalue weighted by Crippen LogP contribution is 2.33. The van der Waals surface area contributed by atoms with Crippen molar-refractivity contribution in [2.24, 2.45) is 0 Å². The van der Waals surface area contributed by atoms with E-state index in [1.165, 1.54) is 19.2 Å². The molecular weight excluding hydrogens is 132 g/mol. The van der Waals surface area contributed by atoms with Gasteiger partial charge in [-0.05, 0) is 12.1 Å². The number of hydrogen-bond donors (Lipinski definition) is 2. The van der Waals surface area contributed by atoms with E-state index in [9.17, 15) is 0 Å². The van der Waals surface area contributed by atoms with Crippen molar-refractivity contribution in [3.05, 3.63) is 18.2 Å². The molecule has 2 N–H and O–H groups in total. The Balaban J connectivity index is 3.17. The normalized spacial score (nSPS) is 9.30. The van der Waals surface area contributed by atoms with Crippen molar-refractivity contribution in [3.63, 3.8) is 0 Å². The summed E-state index contributed by atoms with van der Waals surface area (Å²) in [5.74, 6) is -0.205. The number of ether oxygens (including phenoxy) is 1. The molecule has 0 aromatic heterocycles. The Labute approximate surface area is 58.5 Å². The van der Waals surface area contributed by atoms with Crippen LogP contribution in [0.1, 0.15) is 0 Å². The minimum absolute atomic E-state index is 0.0579. The quantitative estimate of drug-likeness (QED) is 0.607. The number of hydrogen-bond acceptors (Lipinski definition) is 3.